The van der Waals surface area contributed by atoms with E-state index in [0.29, 0.717) is 24.7 Å². The lowest BCUT2D eigenvalue weighted by atomic mass is 9.89. The molecule has 1 unspecified atom stereocenters. The van der Waals surface area contributed by atoms with E-state index >= 15 is 0 Å². The standard InChI is InChI=1S/C15H26N2O3/c1-11(2)12-4-3-8-17(9-5-12)14(20)16-10-15(6-7-15)13(18)19/h11-12H,3-10H2,1-2H3,(H,16,20)(H,18,19). The number of carboxylic acids is 1. The molecule has 1 saturated heterocycles. The monoisotopic (exact) mass is 282 g/mol. The van der Waals surface area contributed by atoms with Gasteiger partial charge >= 0.3 is 12.0 Å². The van der Waals surface area contributed by atoms with Crippen molar-refractivity contribution in [2.75, 3.05) is 19.6 Å². The normalized spacial score (nSPS) is 25.1. The van der Waals surface area contributed by atoms with E-state index in [2.05, 4.69) is 19.2 Å². The van der Waals surface area contributed by atoms with Crippen molar-refractivity contribution < 1.29 is 14.7 Å². The van der Waals surface area contributed by atoms with Crippen LogP contribution in [-0.4, -0.2) is 41.6 Å². The second-order valence-electron chi connectivity index (χ2n) is 6.67. The van der Waals surface area contributed by atoms with Gasteiger partial charge in [-0.3, -0.25) is 4.79 Å². The van der Waals surface area contributed by atoms with Gasteiger partial charge < -0.3 is 15.3 Å². The van der Waals surface area contributed by atoms with Gasteiger partial charge in [0.05, 0.1) is 5.41 Å². The predicted molar refractivity (Wildman–Crippen MR) is 76.5 cm³/mol. The first-order valence-corrected chi connectivity index (χ1v) is 7.71. The van der Waals surface area contributed by atoms with Gasteiger partial charge in [-0.15, -0.1) is 0 Å². The molecule has 5 heteroatoms. The molecule has 2 fully saturated rings. The summed E-state index contributed by atoms with van der Waals surface area (Å²) in [7, 11) is 0. The summed E-state index contributed by atoms with van der Waals surface area (Å²) in [5, 5.41) is 11.9. The van der Waals surface area contributed by atoms with Crippen LogP contribution in [0.5, 0.6) is 0 Å². The topological polar surface area (TPSA) is 69.6 Å². The molecule has 0 aromatic rings. The van der Waals surface area contributed by atoms with Crippen LogP contribution >= 0.6 is 0 Å². The first kappa shape index (κ1) is 15.1. The Kier molecular flexibility index (Phi) is 4.55. The zero-order valence-corrected chi connectivity index (χ0v) is 12.5. The zero-order valence-electron chi connectivity index (χ0n) is 12.5. The van der Waals surface area contributed by atoms with Crippen LogP contribution in [0, 0.1) is 17.3 Å². The molecule has 0 aromatic heterocycles. The number of carbonyl (C=O) groups is 2. The number of carboxylic acid groups (broad SMARTS) is 1. The molecule has 0 radical (unpaired) electrons. The second-order valence-corrected chi connectivity index (χ2v) is 6.67. The summed E-state index contributed by atoms with van der Waals surface area (Å²) in [6, 6.07) is -0.0954. The van der Waals surface area contributed by atoms with Crippen molar-refractivity contribution in [2.45, 2.75) is 46.0 Å². The van der Waals surface area contributed by atoms with Gasteiger partial charge in [-0.25, -0.2) is 4.79 Å². The quantitative estimate of drug-likeness (QED) is 0.831. The average Bonchev–Trinajstić information content (AvgIpc) is 3.20. The molecule has 1 heterocycles. The third-order valence-corrected chi connectivity index (χ3v) is 4.89. The summed E-state index contributed by atoms with van der Waals surface area (Å²) in [4.78, 5) is 25.1. The van der Waals surface area contributed by atoms with E-state index in [0.717, 1.165) is 25.9 Å². The van der Waals surface area contributed by atoms with Crippen molar-refractivity contribution in [3.8, 4) is 0 Å². The molecule has 2 amide bonds. The molecule has 114 valence electrons. The van der Waals surface area contributed by atoms with Crippen LogP contribution < -0.4 is 5.32 Å². The van der Waals surface area contributed by atoms with Crippen LogP contribution in [-0.2, 0) is 4.79 Å². The molecule has 0 spiro atoms. The summed E-state index contributed by atoms with van der Waals surface area (Å²) >= 11 is 0. The Morgan fingerprint density at radius 2 is 2.00 bits per heavy atom. The highest BCUT2D eigenvalue weighted by Crippen LogP contribution is 2.45. The van der Waals surface area contributed by atoms with E-state index in [1.165, 1.54) is 6.42 Å². The lowest BCUT2D eigenvalue weighted by Gasteiger charge is -2.23. The minimum atomic E-state index is -0.784. The van der Waals surface area contributed by atoms with Crippen molar-refractivity contribution >= 4 is 12.0 Å². The van der Waals surface area contributed by atoms with Gasteiger partial charge in [-0.05, 0) is 43.9 Å². The number of amides is 2. The van der Waals surface area contributed by atoms with Crippen LogP contribution in [0.2, 0.25) is 0 Å². The van der Waals surface area contributed by atoms with E-state index < -0.39 is 11.4 Å². The van der Waals surface area contributed by atoms with Gasteiger partial charge in [0.25, 0.3) is 0 Å². The lowest BCUT2D eigenvalue weighted by Crippen LogP contribution is -2.44. The third kappa shape index (κ3) is 3.44. The summed E-state index contributed by atoms with van der Waals surface area (Å²) < 4.78 is 0. The number of nitrogens with one attached hydrogen (secondary N) is 1. The molecule has 0 aromatic carbocycles. The Bertz CT molecular complexity index is 377. The van der Waals surface area contributed by atoms with Crippen LogP contribution in [0.1, 0.15) is 46.0 Å². The summed E-state index contributed by atoms with van der Waals surface area (Å²) in [5.74, 6) is 0.579. The van der Waals surface area contributed by atoms with Crippen molar-refractivity contribution in [3.05, 3.63) is 0 Å². The van der Waals surface area contributed by atoms with Crippen LogP contribution in [0.15, 0.2) is 0 Å². The Balaban J connectivity index is 1.79. The Morgan fingerprint density at radius 1 is 1.30 bits per heavy atom. The number of urea groups is 1. The lowest BCUT2D eigenvalue weighted by molar-refractivity contribution is -0.143. The van der Waals surface area contributed by atoms with Gasteiger partial charge in [-0.2, -0.15) is 0 Å². The van der Waals surface area contributed by atoms with Crippen molar-refractivity contribution in [3.63, 3.8) is 0 Å². The molecule has 5 nitrogen and oxygen atoms in total. The molecule has 1 aliphatic carbocycles. The summed E-state index contributed by atoms with van der Waals surface area (Å²) in [6.45, 7) is 6.32. The average molecular weight is 282 g/mol. The first-order valence-electron chi connectivity index (χ1n) is 7.71. The Labute approximate surface area is 120 Å². The van der Waals surface area contributed by atoms with Gasteiger partial charge in [-0.1, -0.05) is 13.8 Å². The van der Waals surface area contributed by atoms with E-state index in [-0.39, 0.29) is 12.6 Å². The van der Waals surface area contributed by atoms with Crippen molar-refractivity contribution in [1.29, 1.82) is 0 Å². The van der Waals surface area contributed by atoms with Crippen molar-refractivity contribution in [2.24, 2.45) is 17.3 Å². The maximum Gasteiger partial charge on any atom is 0.317 e. The van der Waals surface area contributed by atoms with Crippen LogP contribution in [0.3, 0.4) is 0 Å². The summed E-state index contributed by atoms with van der Waals surface area (Å²) in [6.07, 6.45) is 4.63. The number of carbonyl (C=O) groups excluding carboxylic acids is 1. The van der Waals surface area contributed by atoms with Crippen LogP contribution in [0.25, 0.3) is 0 Å². The first-order chi connectivity index (χ1) is 9.44. The minimum Gasteiger partial charge on any atom is -0.481 e. The highest BCUT2D eigenvalue weighted by atomic mass is 16.4. The smallest absolute Gasteiger partial charge is 0.317 e. The molecule has 0 bridgehead atoms. The molecule has 1 aliphatic heterocycles. The van der Waals surface area contributed by atoms with Gasteiger partial charge in [0.2, 0.25) is 0 Å². The molecule has 2 N–H and O–H groups in total. The molecule has 2 aliphatic rings. The summed E-state index contributed by atoms with van der Waals surface area (Å²) in [5.41, 5.74) is -0.679. The fourth-order valence-electron chi connectivity index (χ4n) is 2.97. The predicted octanol–water partition coefficient (Wildman–Crippen LogP) is 2.32. The fourth-order valence-corrected chi connectivity index (χ4v) is 2.97. The fraction of sp³-hybridized carbons (Fsp3) is 0.867. The second kappa shape index (κ2) is 6.02. The number of hydrogen-bond acceptors (Lipinski definition) is 2. The van der Waals surface area contributed by atoms with E-state index in [4.69, 9.17) is 5.11 Å². The highest BCUT2D eigenvalue weighted by molar-refractivity contribution is 5.80. The highest BCUT2D eigenvalue weighted by Gasteiger charge is 2.50. The molecule has 1 atom stereocenters. The molecule has 2 rings (SSSR count). The van der Waals surface area contributed by atoms with Gasteiger partial charge in [0.15, 0.2) is 0 Å². The number of aliphatic carboxylic acids is 1. The number of hydrogen-bond donors (Lipinski definition) is 2. The molecular weight excluding hydrogens is 256 g/mol. The van der Waals surface area contributed by atoms with Gasteiger partial charge in [0.1, 0.15) is 0 Å². The maximum atomic E-state index is 12.1. The SMILES string of the molecule is CC(C)C1CCCN(C(=O)NCC2(C(=O)O)CC2)CC1. The Hall–Kier alpha value is -1.26. The van der Waals surface area contributed by atoms with Crippen molar-refractivity contribution in [1.82, 2.24) is 10.2 Å². The third-order valence-electron chi connectivity index (χ3n) is 4.89. The Morgan fingerprint density at radius 3 is 2.55 bits per heavy atom. The zero-order chi connectivity index (χ0) is 14.8. The minimum absolute atomic E-state index is 0.0954. The number of rotatable bonds is 4. The number of nitrogens with zero attached hydrogens (tertiary/aromatic N) is 1. The van der Waals surface area contributed by atoms with E-state index in [9.17, 15) is 9.59 Å². The molecule has 20 heavy (non-hydrogen) atoms. The van der Waals surface area contributed by atoms with E-state index in [1.54, 1.807) is 0 Å². The van der Waals surface area contributed by atoms with Gasteiger partial charge in [0, 0.05) is 19.6 Å². The molecule has 1 saturated carbocycles. The van der Waals surface area contributed by atoms with Crippen LogP contribution in [0.4, 0.5) is 4.79 Å². The van der Waals surface area contributed by atoms with E-state index in [1.807, 2.05) is 4.90 Å². The largest absolute Gasteiger partial charge is 0.481 e. The molecular formula is C15H26N2O3. The number of likely N-dealkylation sites (tertiary alicyclic amines) is 1. The maximum absolute atomic E-state index is 12.1.